The predicted molar refractivity (Wildman–Crippen MR) is 127 cm³/mol. The van der Waals surface area contributed by atoms with Crippen LogP contribution in [-0.4, -0.2) is 24.1 Å². The molecule has 0 atom stereocenters. The lowest BCUT2D eigenvalue weighted by Gasteiger charge is -2.09. The van der Waals surface area contributed by atoms with Crippen molar-refractivity contribution in [2.75, 3.05) is 7.11 Å². The van der Waals surface area contributed by atoms with Gasteiger partial charge in [0.1, 0.15) is 5.75 Å². The minimum atomic E-state index is -4.23. The Balaban J connectivity index is 0.000000205. The summed E-state index contributed by atoms with van der Waals surface area (Å²) in [5, 5.41) is 1.09. The fourth-order valence-corrected chi connectivity index (χ4v) is 3.76. The molecule has 0 radical (unpaired) electrons. The van der Waals surface area contributed by atoms with Crippen molar-refractivity contribution in [3.8, 4) is 16.9 Å². The van der Waals surface area contributed by atoms with Gasteiger partial charge in [0.05, 0.1) is 18.4 Å². The second-order valence-electron chi connectivity index (χ2n) is 7.71. The van der Waals surface area contributed by atoms with Crippen LogP contribution in [-0.2, 0) is 7.05 Å². The lowest BCUT2D eigenvalue weighted by atomic mass is 10.0. The summed E-state index contributed by atoms with van der Waals surface area (Å²) < 4.78 is 44.0. The monoisotopic (exact) mass is 453 g/mol. The molecule has 3 nitrogen and oxygen atoms in total. The fraction of sp³-hybridized carbons (Fsp3) is 0.222. The van der Waals surface area contributed by atoms with Crippen LogP contribution in [0.5, 0.6) is 5.75 Å². The van der Waals surface area contributed by atoms with E-state index in [-0.39, 0.29) is 0 Å². The molecule has 0 bridgehead atoms. The number of aryl methyl sites for hydroxylation is 1. The predicted octanol–water partition coefficient (Wildman–Crippen LogP) is 7.44. The fourth-order valence-electron chi connectivity index (χ4n) is 3.76. The van der Waals surface area contributed by atoms with Crippen LogP contribution < -0.4 is 4.74 Å². The number of hydrogen-bond acceptors (Lipinski definition) is 2. The third kappa shape index (κ3) is 5.64. The zero-order valence-electron chi connectivity index (χ0n) is 18.8. The number of para-hydroxylation sites is 1. The van der Waals surface area contributed by atoms with E-state index in [1.54, 1.807) is 20.1 Å². The molecule has 1 heterocycles. The normalized spacial score (nSPS) is 18.0. The van der Waals surface area contributed by atoms with E-state index in [2.05, 4.69) is 0 Å². The van der Waals surface area contributed by atoms with Crippen LogP contribution in [0.25, 0.3) is 22.0 Å². The molecule has 0 saturated carbocycles. The molecular weight excluding hydrogens is 427 g/mol. The van der Waals surface area contributed by atoms with Gasteiger partial charge in [0.25, 0.3) is 0 Å². The summed E-state index contributed by atoms with van der Waals surface area (Å²) in [5.41, 5.74) is 3.85. The highest BCUT2D eigenvalue weighted by molar-refractivity contribution is 6.04. The number of halogens is 3. The van der Waals surface area contributed by atoms with Crippen LogP contribution >= 0.6 is 0 Å². The number of aromatic nitrogens is 1. The lowest BCUT2D eigenvalue weighted by Crippen LogP contribution is -2.10. The molecule has 1 aliphatic rings. The first-order valence-electron chi connectivity index (χ1n) is 10.6. The van der Waals surface area contributed by atoms with Gasteiger partial charge in [-0.3, -0.25) is 4.79 Å². The van der Waals surface area contributed by atoms with Crippen molar-refractivity contribution < 1.29 is 22.7 Å². The first-order chi connectivity index (χ1) is 15.8. The van der Waals surface area contributed by atoms with E-state index in [9.17, 15) is 18.0 Å². The Morgan fingerprint density at radius 1 is 1.03 bits per heavy atom. The molecule has 2 aromatic carbocycles. The zero-order chi connectivity index (χ0) is 24.0. The maximum Gasteiger partial charge on any atom is 0.416 e. The first kappa shape index (κ1) is 24.1. The maximum atomic E-state index is 12.3. The van der Waals surface area contributed by atoms with E-state index < -0.39 is 11.7 Å². The molecule has 33 heavy (non-hydrogen) atoms. The Morgan fingerprint density at radius 3 is 2.36 bits per heavy atom. The smallest absolute Gasteiger partial charge is 0.416 e. The van der Waals surface area contributed by atoms with E-state index in [1.165, 1.54) is 6.08 Å². The van der Waals surface area contributed by atoms with E-state index in [0.29, 0.717) is 17.7 Å². The molecule has 0 N–H and O–H groups in total. The number of benzene rings is 2. The van der Waals surface area contributed by atoms with E-state index in [1.807, 2.05) is 66.2 Å². The molecule has 0 aliphatic heterocycles. The van der Waals surface area contributed by atoms with Gasteiger partial charge in [-0.05, 0) is 49.6 Å². The second-order valence-corrected chi connectivity index (χ2v) is 7.71. The Bertz CT molecular complexity index is 1210. The molecule has 3 aromatic rings. The quantitative estimate of drug-likeness (QED) is 0.386. The van der Waals surface area contributed by atoms with Crippen molar-refractivity contribution in [3.63, 3.8) is 0 Å². The summed E-state index contributed by atoms with van der Waals surface area (Å²) in [6, 6.07) is 15.8. The van der Waals surface area contributed by atoms with Crippen molar-refractivity contribution >= 4 is 17.2 Å². The van der Waals surface area contributed by atoms with Gasteiger partial charge in [0, 0.05) is 23.5 Å². The number of alkyl halides is 3. The summed E-state index contributed by atoms with van der Waals surface area (Å²) >= 11 is 0. The largest absolute Gasteiger partial charge is 0.497 e. The molecule has 4 rings (SSSR count). The second kappa shape index (κ2) is 10.4. The summed E-state index contributed by atoms with van der Waals surface area (Å²) in [5.74, 6) is 0.807. The van der Waals surface area contributed by atoms with Gasteiger partial charge in [0.15, 0.2) is 6.29 Å². The average Bonchev–Trinajstić information content (AvgIpc) is 3.07. The van der Waals surface area contributed by atoms with Crippen LogP contribution in [0, 0.1) is 0 Å². The van der Waals surface area contributed by atoms with Gasteiger partial charge in [-0.15, -0.1) is 0 Å². The van der Waals surface area contributed by atoms with Crippen molar-refractivity contribution in [2.24, 2.45) is 7.05 Å². The lowest BCUT2D eigenvalue weighted by molar-refractivity contribution is -0.0882. The Kier molecular flexibility index (Phi) is 7.59. The number of allylic oxidation sites excluding steroid dienone is 6. The molecule has 0 unspecified atom stereocenters. The topological polar surface area (TPSA) is 31.2 Å². The third-order valence-corrected chi connectivity index (χ3v) is 5.45. The third-order valence-electron chi connectivity index (χ3n) is 5.45. The van der Waals surface area contributed by atoms with Gasteiger partial charge in [-0.1, -0.05) is 54.1 Å². The summed E-state index contributed by atoms with van der Waals surface area (Å²) in [4.78, 5) is 11.5. The number of fused-ring (bicyclic) bond motifs is 1. The number of ether oxygens (including phenoxy) is 1. The molecule has 172 valence electrons. The molecule has 0 saturated heterocycles. The Morgan fingerprint density at radius 2 is 1.73 bits per heavy atom. The summed E-state index contributed by atoms with van der Waals surface area (Å²) in [6.07, 6.45) is 3.86. The van der Waals surface area contributed by atoms with Gasteiger partial charge >= 0.3 is 6.18 Å². The SMILES string of the molecule is CC1=C/CC/C=C/C(C(F)(F)F)=C\1.COc1ccc(-c2c(C=O)n(C)c3ccccc23)cc1. The minimum absolute atomic E-state index is 0.569. The highest BCUT2D eigenvalue weighted by atomic mass is 19.4. The van der Waals surface area contributed by atoms with Gasteiger partial charge < -0.3 is 9.30 Å². The molecule has 0 amide bonds. The van der Waals surface area contributed by atoms with Crippen molar-refractivity contribution in [3.05, 3.63) is 89.7 Å². The van der Waals surface area contributed by atoms with Crippen LogP contribution in [0.2, 0.25) is 0 Å². The highest BCUT2D eigenvalue weighted by Crippen LogP contribution is 2.34. The molecule has 0 spiro atoms. The number of methoxy groups -OCH3 is 1. The minimum Gasteiger partial charge on any atom is -0.497 e. The maximum absolute atomic E-state index is 12.3. The van der Waals surface area contributed by atoms with Crippen LogP contribution in [0.3, 0.4) is 0 Å². The number of rotatable bonds is 3. The van der Waals surface area contributed by atoms with E-state index >= 15 is 0 Å². The summed E-state index contributed by atoms with van der Waals surface area (Å²) in [6.45, 7) is 1.69. The van der Waals surface area contributed by atoms with Crippen LogP contribution in [0.15, 0.2) is 84.0 Å². The van der Waals surface area contributed by atoms with Crippen molar-refractivity contribution in [1.82, 2.24) is 4.57 Å². The standard InChI is InChI=1S/C17H15NO2.C10H11F3/c1-18-15-6-4-3-5-14(15)17(16(18)11-19)12-7-9-13(20-2)10-8-12;1-8-5-3-2-4-6-9(7-8)10(11,12)13/h3-11H,1-2H3;4-7H,2-3H2,1H3/b;6-4+,8-5-,9-7+. The first-order valence-corrected chi connectivity index (χ1v) is 10.6. The number of nitrogens with zero attached hydrogens (tertiary/aromatic N) is 1. The van der Waals surface area contributed by atoms with Crippen molar-refractivity contribution in [1.29, 1.82) is 0 Å². The highest BCUT2D eigenvalue weighted by Gasteiger charge is 2.31. The molecule has 0 fully saturated rings. The number of aldehydes is 1. The van der Waals surface area contributed by atoms with E-state index in [4.69, 9.17) is 4.74 Å². The Hall–Kier alpha value is -3.54. The number of carbonyl (C=O) groups excluding carboxylic acids is 1. The van der Waals surface area contributed by atoms with Gasteiger partial charge in [-0.25, -0.2) is 0 Å². The summed E-state index contributed by atoms with van der Waals surface area (Å²) in [7, 11) is 3.56. The van der Waals surface area contributed by atoms with Gasteiger partial charge in [0.2, 0.25) is 0 Å². The van der Waals surface area contributed by atoms with Crippen LogP contribution in [0.1, 0.15) is 30.3 Å². The number of hydrogen-bond donors (Lipinski definition) is 0. The van der Waals surface area contributed by atoms with E-state index in [0.717, 1.165) is 46.6 Å². The Labute approximate surface area is 191 Å². The van der Waals surface area contributed by atoms with Crippen LogP contribution in [0.4, 0.5) is 13.2 Å². The number of carbonyl (C=O) groups is 1. The van der Waals surface area contributed by atoms with Crippen molar-refractivity contribution in [2.45, 2.75) is 25.9 Å². The molecule has 1 aliphatic carbocycles. The molecular formula is C27H26F3NO2. The average molecular weight is 454 g/mol. The zero-order valence-corrected chi connectivity index (χ0v) is 18.8. The molecule has 1 aromatic heterocycles. The van der Waals surface area contributed by atoms with Gasteiger partial charge in [-0.2, -0.15) is 13.2 Å². The molecule has 6 heteroatoms.